The largest absolute Gasteiger partial charge is 0.493 e. The Bertz CT molecular complexity index is 1080. The molecule has 3 rings (SSSR count). The molecule has 0 fully saturated rings. The molecular formula is C22H25ClN4O5S. The van der Waals surface area contributed by atoms with Crippen LogP contribution in [0.15, 0.2) is 41.6 Å². The van der Waals surface area contributed by atoms with Crippen LogP contribution in [-0.2, 0) is 25.0 Å². The maximum Gasteiger partial charge on any atom is 0.230 e. The lowest BCUT2D eigenvalue weighted by Gasteiger charge is -2.14. The Morgan fingerprint density at radius 2 is 1.76 bits per heavy atom. The molecule has 0 saturated carbocycles. The number of rotatable bonds is 11. The van der Waals surface area contributed by atoms with Crippen LogP contribution in [0.5, 0.6) is 23.0 Å². The summed E-state index contributed by atoms with van der Waals surface area (Å²) in [7, 11) is 6.46. The first-order chi connectivity index (χ1) is 16.0. The number of hydrogen-bond acceptors (Lipinski definition) is 8. The predicted molar refractivity (Wildman–Crippen MR) is 125 cm³/mol. The summed E-state index contributed by atoms with van der Waals surface area (Å²) in [4.78, 5) is 12.4. The van der Waals surface area contributed by atoms with E-state index in [-0.39, 0.29) is 18.3 Å². The fourth-order valence-corrected chi connectivity index (χ4v) is 3.87. The van der Waals surface area contributed by atoms with Crippen LogP contribution >= 0.6 is 23.4 Å². The van der Waals surface area contributed by atoms with E-state index in [2.05, 4.69) is 15.5 Å². The zero-order valence-electron chi connectivity index (χ0n) is 18.8. The molecule has 0 atom stereocenters. The second kappa shape index (κ2) is 11.7. The molecule has 176 valence electrons. The van der Waals surface area contributed by atoms with Gasteiger partial charge in [-0.1, -0.05) is 35.5 Å². The molecule has 11 heteroatoms. The van der Waals surface area contributed by atoms with Gasteiger partial charge < -0.3 is 28.8 Å². The number of benzene rings is 2. The van der Waals surface area contributed by atoms with Gasteiger partial charge in [0.15, 0.2) is 22.5 Å². The van der Waals surface area contributed by atoms with E-state index in [1.165, 1.54) is 11.8 Å². The number of para-hydroxylation sites is 1. The summed E-state index contributed by atoms with van der Waals surface area (Å²) in [5.74, 6) is 2.79. The highest BCUT2D eigenvalue weighted by molar-refractivity contribution is 7.99. The zero-order valence-corrected chi connectivity index (χ0v) is 20.3. The first kappa shape index (κ1) is 24.5. The molecule has 0 saturated heterocycles. The minimum absolute atomic E-state index is 0.148. The molecule has 33 heavy (non-hydrogen) atoms. The summed E-state index contributed by atoms with van der Waals surface area (Å²) < 4.78 is 23.5. The molecule has 0 unspecified atom stereocenters. The Labute approximate surface area is 201 Å². The third-order valence-corrected chi connectivity index (χ3v) is 6.00. The molecule has 3 aromatic rings. The number of methoxy groups -OCH3 is 3. The van der Waals surface area contributed by atoms with Gasteiger partial charge in [-0.3, -0.25) is 4.79 Å². The van der Waals surface area contributed by atoms with Crippen LogP contribution < -0.4 is 24.3 Å². The summed E-state index contributed by atoms with van der Waals surface area (Å²) in [6.45, 7) is 0.521. The summed E-state index contributed by atoms with van der Waals surface area (Å²) in [5.41, 5.74) is 0.820. The Morgan fingerprint density at radius 3 is 2.39 bits per heavy atom. The molecule has 0 aliphatic rings. The van der Waals surface area contributed by atoms with Crippen molar-refractivity contribution in [3.05, 3.63) is 52.8 Å². The summed E-state index contributed by atoms with van der Waals surface area (Å²) in [5, 5.41) is 12.3. The Morgan fingerprint density at radius 1 is 1.06 bits per heavy atom. The average molecular weight is 493 g/mol. The van der Waals surface area contributed by atoms with E-state index in [1.54, 1.807) is 50.2 Å². The number of ether oxygens (including phenoxy) is 4. The van der Waals surface area contributed by atoms with Crippen molar-refractivity contribution in [1.29, 1.82) is 0 Å². The smallest absolute Gasteiger partial charge is 0.230 e. The Kier molecular flexibility index (Phi) is 8.67. The van der Waals surface area contributed by atoms with E-state index in [9.17, 15) is 4.79 Å². The fraction of sp³-hybridized carbons (Fsp3) is 0.318. The van der Waals surface area contributed by atoms with Gasteiger partial charge in [-0.15, -0.1) is 10.2 Å². The monoisotopic (exact) mass is 492 g/mol. The molecular weight excluding hydrogens is 468 g/mol. The zero-order chi connectivity index (χ0) is 23.8. The molecule has 0 radical (unpaired) electrons. The second-order valence-corrected chi connectivity index (χ2v) is 8.13. The first-order valence-corrected chi connectivity index (χ1v) is 11.3. The van der Waals surface area contributed by atoms with Gasteiger partial charge in [0.25, 0.3) is 0 Å². The molecule has 0 aliphatic heterocycles. The van der Waals surface area contributed by atoms with Crippen LogP contribution in [0.2, 0.25) is 5.02 Å². The van der Waals surface area contributed by atoms with Crippen LogP contribution in [0.4, 0.5) is 0 Å². The number of nitrogens with one attached hydrogen (secondary N) is 1. The molecule has 1 heterocycles. The number of nitrogens with zero attached hydrogens (tertiary/aromatic N) is 3. The average Bonchev–Trinajstić information content (AvgIpc) is 3.19. The minimum atomic E-state index is -0.148. The molecule has 0 aliphatic carbocycles. The SMILES string of the molecule is COc1cc(CNC(=O)CSc2nnc(COc3ccccc3Cl)n2C)cc(OC)c1OC. The number of hydrogen-bond donors (Lipinski definition) is 1. The maximum absolute atomic E-state index is 12.4. The van der Waals surface area contributed by atoms with Gasteiger partial charge in [-0.05, 0) is 29.8 Å². The van der Waals surface area contributed by atoms with Crippen molar-refractivity contribution < 1.29 is 23.7 Å². The molecule has 0 bridgehead atoms. The number of carbonyl (C=O) groups excluding carboxylic acids is 1. The second-order valence-electron chi connectivity index (χ2n) is 6.78. The third kappa shape index (κ3) is 6.23. The van der Waals surface area contributed by atoms with Crippen LogP contribution in [-0.4, -0.2) is 47.8 Å². The molecule has 9 nitrogen and oxygen atoms in total. The highest BCUT2D eigenvalue weighted by Gasteiger charge is 2.15. The Hall–Kier alpha value is -3.11. The van der Waals surface area contributed by atoms with Crippen molar-refractivity contribution in [2.75, 3.05) is 27.1 Å². The van der Waals surface area contributed by atoms with Gasteiger partial charge in [0.05, 0.1) is 32.1 Å². The van der Waals surface area contributed by atoms with Crippen molar-refractivity contribution in [2.24, 2.45) is 7.05 Å². The van der Waals surface area contributed by atoms with E-state index in [0.29, 0.717) is 45.5 Å². The molecule has 2 aromatic carbocycles. The molecule has 1 amide bonds. The predicted octanol–water partition coefficient (Wildman–Crippen LogP) is 3.48. The Balaban J connectivity index is 1.53. The van der Waals surface area contributed by atoms with Crippen LogP contribution in [0.1, 0.15) is 11.4 Å². The van der Waals surface area contributed by atoms with Gasteiger partial charge in [0, 0.05) is 13.6 Å². The highest BCUT2D eigenvalue weighted by Crippen LogP contribution is 2.38. The van der Waals surface area contributed by atoms with Crippen LogP contribution in [0, 0.1) is 0 Å². The quantitative estimate of drug-likeness (QED) is 0.406. The molecule has 1 N–H and O–H groups in total. The van der Waals surface area contributed by atoms with Crippen LogP contribution in [0.25, 0.3) is 0 Å². The van der Waals surface area contributed by atoms with Gasteiger partial charge in [0.2, 0.25) is 11.7 Å². The van der Waals surface area contributed by atoms with Gasteiger partial charge >= 0.3 is 0 Å². The van der Waals surface area contributed by atoms with E-state index in [1.807, 2.05) is 19.2 Å². The van der Waals surface area contributed by atoms with E-state index >= 15 is 0 Å². The first-order valence-electron chi connectivity index (χ1n) is 9.90. The maximum atomic E-state index is 12.4. The standard InChI is InChI=1S/C22H25ClN4O5S/c1-27-19(12-32-16-8-6-5-7-15(16)23)25-26-22(27)33-13-20(28)24-11-14-9-17(29-2)21(31-4)18(10-14)30-3/h5-10H,11-13H2,1-4H3,(H,24,28). The van der Waals surface area contributed by atoms with Gasteiger partial charge in [-0.25, -0.2) is 0 Å². The fourth-order valence-electron chi connectivity index (χ4n) is 2.92. The number of aromatic nitrogens is 3. The summed E-state index contributed by atoms with van der Waals surface area (Å²) in [6, 6.07) is 10.8. The van der Waals surface area contributed by atoms with E-state index in [4.69, 9.17) is 30.5 Å². The lowest BCUT2D eigenvalue weighted by Crippen LogP contribution is -2.24. The van der Waals surface area contributed by atoms with Crippen LogP contribution in [0.3, 0.4) is 0 Å². The van der Waals surface area contributed by atoms with E-state index < -0.39 is 0 Å². The third-order valence-electron chi connectivity index (χ3n) is 4.67. The normalized spacial score (nSPS) is 10.6. The van der Waals surface area contributed by atoms with Crippen molar-refractivity contribution in [3.63, 3.8) is 0 Å². The molecule has 1 aromatic heterocycles. The topological polar surface area (TPSA) is 96.7 Å². The molecule has 0 spiro atoms. The number of amides is 1. The van der Waals surface area contributed by atoms with Crippen molar-refractivity contribution in [1.82, 2.24) is 20.1 Å². The summed E-state index contributed by atoms with van der Waals surface area (Å²) in [6.07, 6.45) is 0. The lowest BCUT2D eigenvalue weighted by molar-refractivity contribution is -0.118. The van der Waals surface area contributed by atoms with Crippen molar-refractivity contribution in [2.45, 2.75) is 18.3 Å². The van der Waals surface area contributed by atoms with Gasteiger partial charge in [-0.2, -0.15) is 0 Å². The number of halogens is 1. The van der Waals surface area contributed by atoms with E-state index in [0.717, 1.165) is 5.56 Å². The lowest BCUT2D eigenvalue weighted by atomic mass is 10.2. The van der Waals surface area contributed by atoms with Gasteiger partial charge in [0.1, 0.15) is 12.4 Å². The van der Waals surface area contributed by atoms with Crippen molar-refractivity contribution >= 4 is 29.3 Å². The summed E-state index contributed by atoms with van der Waals surface area (Å²) >= 11 is 7.39. The number of carbonyl (C=O) groups is 1. The number of thioether (sulfide) groups is 1. The van der Waals surface area contributed by atoms with Crippen molar-refractivity contribution in [3.8, 4) is 23.0 Å². The highest BCUT2D eigenvalue weighted by atomic mass is 35.5. The minimum Gasteiger partial charge on any atom is -0.493 e.